The van der Waals surface area contributed by atoms with Gasteiger partial charge in [-0.2, -0.15) is 0 Å². The maximum Gasteiger partial charge on any atom is 0.328 e. The molecule has 1 N–H and O–H groups in total. The normalized spacial score (nSPS) is 12.0. The number of hydrogen-bond donors (Lipinski definition) is 1. The number of nitrogens with one attached hydrogen (secondary N) is 1. The Morgan fingerprint density at radius 1 is 1.16 bits per heavy atom. The number of amides is 1. The van der Waals surface area contributed by atoms with Gasteiger partial charge in [0.25, 0.3) is 5.91 Å². The van der Waals surface area contributed by atoms with E-state index in [0.29, 0.717) is 17.9 Å². The minimum atomic E-state index is -0.583. The standard InChI is InChI=1S/C15H21NO3/c1-11(2)9-10-13(15(18)19-3)16-14(17)12-7-5-4-6-8-12/h4-8,11,13H,9-10H2,1-3H3,(H,16,17)/t13-/m1/s1. The summed E-state index contributed by atoms with van der Waals surface area (Å²) in [4.78, 5) is 23.7. The number of ether oxygens (including phenoxy) is 1. The van der Waals surface area contributed by atoms with Crippen molar-refractivity contribution in [3.8, 4) is 0 Å². The largest absolute Gasteiger partial charge is 0.467 e. The van der Waals surface area contributed by atoms with Gasteiger partial charge >= 0.3 is 5.97 Å². The van der Waals surface area contributed by atoms with Crippen LogP contribution in [0.4, 0.5) is 0 Å². The zero-order valence-electron chi connectivity index (χ0n) is 11.7. The van der Waals surface area contributed by atoms with Gasteiger partial charge in [-0.15, -0.1) is 0 Å². The van der Waals surface area contributed by atoms with Crippen LogP contribution in [0.1, 0.15) is 37.0 Å². The van der Waals surface area contributed by atoms with Gasteiger partial charge in [-0.1, -0.05) is 32.0 Å². The van der Waals surface area contributed by atoms with Crippen molar-refractivity contribution in [2.45, 2.75) is 32.7 Å². The second-order valence-electron chi connectivity index (χ2n) is 4.89. The second kappa shape index (κ2) is 7.56. The first-order valence-corrected chi connectivity index (χ1v) is 6.48. The Morgan fingerprint density at radius 2 is 1.79 bits per heavy atom. The first kappa shape index (κ1) is 15.2. The lowest BCUT2D eigenvalue weighted by Gasteiger charge is -2.17. The Kier molecular flexibility index (Phi) is 6.06. The predicted molar refractivity (Wildman–Crippen MR) is 73.8 cm³/mol. The van der Waals surface area contributed by atoms with Crippen LogP contribution in [0.25, 0.3) is 0 Å². The molecule has 0 aliphatic rings. The highest BCUT2D eigenvalue weighted by Crippen LogP contribution is 2.09. The molecule has 1 amide bonds. The van der Waals surface area contributed by atoms with Gasteiger partial charge < -0.3 is 10.1 Å². The average molecular weight is 263 g/mol. The summed E-state index contributed by atoms with van der Waals surface area (Å²) in [6, 6.07) is 8.26. The Balaban J connectivity index is 2.66. The fourth-order valence-corrected chi connectivity index (χ4v) is 1.72. The van der Waals surface area contributed by atoms with Crippen molar-refractivity contribution in [2.24, 2.45) is 5.92 Å². The molecule has 0 spiro atoms. The minimum Gasteiger partial charge on any atom is -0.467 e. The molecule has 1 rings (SSSR count). The summed E-state index contributed by atoms with van der Waals surface area (Å²) < 4.78 is 4.73. The highest BCUT2D eigenvalue weighted by atomic mass is 16.5. The molecule has 4 nitrogen and oxygen atoms in total. The predicted octanol–water partition coefficient (Wildman–Crippen LogP) is 2.39. The molecule has 0 saturated carbocycles. The van der Waals surface area contributed by atoms with Crippen LogP contribution in [0.15, 0.2) is 30.3 Å². The summed E-state index contributed by atoms with van der Waals surface area (Å²) in [6.07, 6.45) is 1.44. The molecule has 0 aliphatic carbocycles. The molecule has 0 aliphatic heterocycles. The van der Waals surface area contributed by atoms with Crippen LogP contribution in [0.2, 0.25) is 0 Å². The third kappa shape index (κ3) is 5.12. The quantitative estimate of drug-likeness (QED) is 0.802. The SMILES string of the molecule is COC(=O)[C@@H](CCC(C)C)NC(=O)c1ccccc1. The van der Waals surface area contributed by atoms with E-state index in [4.69, 9.17) is 4.74 Å². The van der Waals surface area contributed by atoms with E-state index >= 15 is 0 Å². The van der Waals surface area contributed by atoms with Gasteiger partial charge in [-0.25, -0.2) is 4.79 Å². The summed E-state index contributed by atoms with van der Waals surface area (Å²) in [5.41, 5.74) is 0.543. The number of methoxy groups -OCH3 is 1. The molecule has 0 aromatic heterocycles. The van der Waals surface area contributed by atoms with Crippen LogP contribution in [-0.2, 0) is 9.53 Å². The Hall–Kier alpha value is -1.84. The monoisotopic (exact) mass is 263 g/mol. The minimum absolute atomic E-state index is 0.250. The molecular weight excluding hydrogens is 242 g/mol. The highest BCUT2D eigenvalue weighted by molar-refractivity contribution is 5.96. The number of carbonyl (C=O) groups excluding carboxylic acids is 2. The number of esters is 1. The number of benzene rings is 1. The maximum atomic E-state index is 12.0. The summed E-state index contributed by atoms with van der Waals surface area (Å²) in [7, 11) is 1.33. The fourth-order valence-electron chi connectivity index (χ4n) is 1.72. The average Bonchev–Trinajstić information content (AvgIpc) is 2.43. The van der Waals surface area contributed by atoms with Crippen LogP contribution < -0.4 is 5.32 Å². The van der Waals surface area contributed by atoms with Gasteiger partial charge in [0, 0.05) is 5.56 Å². The van der Waals surface area contributed by atoms with Gasteiger partial charge in [0.2, 0.25) is 0 Å². The number of rotatable bonds is 6. The lowest BCUT2D eigenvalue weighted by atomic mass is 10.0. The van der Waals surface area contributed by atoms with E-state index in [9.17, 15) is 9.59 Å². The molecular formula is C15H21NO3. The highest BCUT2D eigenvalue weighted by Gasteiger charge is 2.21. The lowest BCUT2D eigenvalue weighted by Crippen LogP contribution is -2.41. The zero-order chi connectivity index (χ0) is 14.3. The van der Waals surface area contributed by atoms with Crippen LogP contribution in [0, 0.1) is 5.92 Å². The molecule has 0 fully saturated rings. The first-order valence-electron chi connectivity index (χ1n) is 6.48. The molecule has 0 radical (unpaired) electrons. The van der Waals surface area contributed by atoms with Crippen molar-refractivity contribution in [1.82, 2.24) is 5.32 Å². The van der Waals surface area contributed by atoms with Gasteiger partial charge in [0.15, 0.2) is 0 Å². The number of hydrogen-bond acceptors (Lipinski definition) is 3. The molecule has 1 aromatic carbocycles. The Bertz CT molecular complexity index is 415. The summed E-state index contributed by atoms with van der Waals surface area (Å²) in [5.74, 6) is -0.175. The van der Waals surface area contributed by atoms with Crippen molar-refractivity contribution < 1.29 is 14.3 Å². The lowest BCUT2D eigenvalue weighted by molar-refractivity contribution is -0.143. The molecule has 0 unspecified atom stereocenters. The van der Waals surface area contributed by atoms with Gasteiger partial charge in [-0.3, -0.25) is 4.79 Å². The number of carbonyl (C=O) groups is 2. The summed E-state index contributed by atoms with van der Waals surface area (Å²) in [5, 5.41) is 2.73. The van der Waals surface area contributed by atoms with Crippen LogP contribution in [0.3, 0.4) is 0 Å². The Labute approximate surface area is 114 Å². The van der Waals surface area contributed by atoms with E-state index in [1.165, 1.54) is 7.11 Å². The van der Waals surface area contributed by atoms with E-state index in [1.807, 2.05) is 6.07 Å². The van der Waals surface area contributed by atoms with E-state index in [2.05, 4.69) is 19.2 Å². The third-order valence-electron chi connectivity index (χ3n) is 2.86. The van der Waals surface area contributed by atoms with Gasteiger partial charge in [-0.05, 0) is 30.9 Å². The van der Waals surface area contributed by atoms with Crippen molar-refractivity contribution >= 4 is 11.9 Å². The van der Waals surface area contributed by atoms with E-state index in [-0.39, 0.29) is 5.91 Å². The molecule has 0 bridgehead atoms. The Morgan fingerprint density at radius 3 is 2.32 bits per heavy atom. The summed E-state index contributed by atoms with van der Waals surface area (Å²) >= 11 is 0. The molecule has 104 valence electrons. The van der Waals surface area contributed by atoms with Crippen LogP contribution in [-0.4, -0.2) is 25.0 Å². The topological polar surface area (TPSA) is 55.4 Å². The smallest absolute Gasteiger partial charge is 0.328 e. The van der Waals surface area contributed by atoms with Gasteiger partial charge in [0.1, 0.15) is 6.04 Å². The van der Waals surface area contributed by atoms with E-state index < -0.39 is 12.0 Å². The second-order valence-corrected chi connectivity index (χ2v) is 4.89. The van der Waals surface area contributed by atoms with Crippen molar-refractivity contribution in [3.05, 3.63) is 35.9 Å². The zero-order valence-corrected chi connectivity index (χ0v) is 11.7. The molecule has 4 heteroatoms. The van der Waals surface area contributed by atoms with Crippen molar-refractivity contribution in [2.75, 3.05) is 7.11 Å². The van der Waals surface area contributed by atoms with Crippen molar-refractivity contribution in [3.63, 3.8) is 0 Å². The summed E-state index contributed by atoms with van der Waals surface area (Å²) in [6.45, 7) is 4.15. The molecule has 1 aromatic rings. The molecule has 0 saturated heterocycles. The third-order valence-corrected chi connectivity index (χ3v) is 2.86. The van der Waals surface area contributed by atoms with E-state index in [0.717, 1.165) is 6.42 Å². The van der Waals surface area contributed by atoms with E-state index in [1.54, 1.807) is 24.3 Å². The first-order chi connectivity index (χ1) is 9.04. The fraction of sp³-hybridized carbons (Fsp3) is 0.467. The maximum absolute atomic E-state index is 12.0. The molecule has 1 atom stereocenters. The van der Waals surface area contributed by atoms with Gasteiger partial charge in [0.05, 0.1) is 7.11 Å². The van der Waals surface area contributed by atoms with Crippen LogP contribution >= 0.6 is 0 Å². The molecule has 0 heterocycles. The van der Waals surface area contributed by atoms with Crippen molar-refractivity contribution in [1.29, 1.82) is 0 Å². The molecule has 19 heavy (non-hydrogen) atoms. The van der Waals surface area contributed by atoms with Crippen LogP contribution in [0.5, 0.6) is 0 Å².